The molecule has 36 heavy (non-hydrogen) atoms. The number of aliphatic carboxylic acids is 1. The quantitative estimate of drug-likeness (QED) is 0.394. The molecule has 0 bridgehead atoms. The molecule has 1 fully saturated rings. The van der Waals surface area contributed by atoms with Gasteiger partial charge in [0, 0.05) is 26.2 Å². The van der Waals surface area contributed by atoms with Gasteiger partial charge in [-0.2, -0.15) is 0 Å². The van der Waals surface area contributed by atoms with Crippen LogP contribution in [0.1, 0.15) is 43.4 Å². The zero-order valence-electron chi connectivity index (χ0n) is 20.7. The van der Waals surface area contributed by atoms with Crippen LogP contribution >= 0.6 is 0 Å². The summed E-state index contributed by atoms with van der Waals surface area (Å²) in [6, 6.07) is 16.3. The molecule has 1 heterocycles. The van der Waals surface area contributed by atoms with Crippen molar-refractivity contribution in [3.63, 3.8) is 0 Å². The van der Waals surface area contributed by atoms with Crippen molar-refractivity contribution in [2.75, 3.05) is 5.32 Å². The number of hydrogen-bond donors (Lipinski definition) is 3. The largest absolute Gasteiger partial charge is 0.480 e. The first kappa shape index (κ1) is 25.2. The highest BCUT2D eigenvalue weighted by molar-refractivity contribution is 5.90. The van der Waals surface area contributed by atoms with Crippen LogP contribution in [0.4, 0.5) is 10.5 Å². The molecule has 1 aliphatic rings. The fourth-order valence-electron chi connectivity index (χ4n) is 4.22. The van der Waals surface area contributed by atoms with Gasteiger partial charge in [0.25, 0.3) is 5.56 Å². The fourth-order valence-corrected chi connectivity index (χ4v) is 4.22. The molecule has 0 aliphatic heterocycles. The van der Waals surface area contributed by atoms with Crippen LogP contribution in [0.5, 0.6) is 0 Å². The van der Waals surface area contributed by atoms with E-state index in [0.29, 0.717) is 24.6 Å². The second-order valence-corrected chi connectivity index (χ2v) is 9.31. The molecule has 1 aromatic heterocycles. The Bertz CT molecular complexity index is 1280. The monoisotopic (exact) mass is 492 g/mol. The van der Waals surface area contributed by atoms with Gasteiger partial charge in [0.15, 0.2) is 0 Å². The molecule has 2 aromatic carbocycles. The number of carboxylic acid groups (broad SMARTS) is 1. The molecule has 3 N–H and O–H groups in total. The van der Waals surface area contributed by atoms with E-state index in [9.17, 15) is 19.5 Å². The number of nitrogens with zero attached hydrogens (tertiary/aromatic N) is 2. The zero-order valence-corrected chi connectivity index (χ0v) is 20.7. The average Bonchev–Trinajstić information content (AvgIpc) is 3.67. The number of rotatable bonds is 10. The Balaban J connectivity index is 1.48. The van der Waals surface area contributed by atoms with Crippen molar-refractivity contribution in [2.24, 2.45) is 20.0 Å². The maximum Gasteiger partial charge on any atom is 0.412 e. The van der Waals surface area contributed by atoms with E-state index < -0.39 is 24.2 Å². The fraction of sp³-hybridized carbons (Fsp3) is 0.370. The van der Waals surface area contributed by atoms with Crippen LogP contribution in [0, 0.1) is 5.92 Å². The molecule has 9 nitrogen and oxygen atoms in total. The molecule has 1 saturated carbocycles. The highest BCUT2D eigenvalue weighted by Crippen LogP contribution is 2.33. The first-order valence-electron chi connectivity index (χ1n) is 12.1. The molecular weight excluding hydrogens is 460 g/mol. The van der Waals surface area contributed by atoms with Gasteiger partial charge in [0.2, 0.25) is 0 Å². The van der Waals surface area contributed by atoms with Crippen molar-refractivity contribution in [3.8, 4) is 11.3 Å². The van der Waals surface area contributed by atoms with Gasteiger partial charge in [0.1, 0.15) is 17.8 Å². The second-order valence-electron chi connectivity index (χ2n) is 9.31. The minimum atomic E-state index is -0.831. The Labute approximate surface area is 209 Å². The second kappa shape index (κ2) is 10.8. The van der Waals surface area contributed by atoms with E-state index in [1.54, 1.807) is 25.7 Å². The van der Waals surface area contributed by atoms with E-state index in [-0.39, 0.29) is 11.2 Å². The van der Waals surface area contributed by atoms with E-state index >= 15 is 0 Å². The van der Waals surface area contributed by atoms with E-state index in [2.05, 4.69) is 10.6 Å². The van der Waals surface area contributed by atoms with Crippen molar-refractivity contribution in [2.45, 2.75) is 44.9 Å². The summed E-state index contributed by atoms with van der Waals surface area (Å²) in [5.74, 6) is -0.323. The number of aromatic nitrogens is 2. The third-order valence-corrected chi connectivity index (χ3v) is 6.64. The average molecular weight is 493 g/mol. The van der Waals surface area contributed by atoms with Gasteiger partial charge in [-0.05, 0) is 30.4 Å². The maximum atomic E-state index is 12.9. The SMILES string of the molecule is CC(OC(=O)Nc1c(-c2ccc(CNC(CC3CC3)C(=O)O)cc2)n(C)n(C)c1=O)c1ccccc1. The summed E-state index contributed by atoms with van der Waals surface area (Å²) in [4.78, 5) is 37.1. The molecule has 9 heteroatoms. The van der Waals surface area contributed by atoms with Crippen LogP contribution in [-0.4, -0.2) is 32.6 Å². The Morgan fingerprint density at radius 1 is 1.06 bits per heavy atom. The summed E-state index contributed by atoms with van der Waals surface area (Å²) in [6.45, 7) is 2.19. The Hall–Kier alpha value is -3.85. The molecule has 3 aromatic rings. The van der Waals surface area contributed by atoms with Gasteiger partial charge in [-0.1, -0.05) is 67.4 Å². The number of hydrogen-bond acceptors (Lipinski definition) is 5. The van der Waals surface area contributed by atoms with E-state index in [1.165, 1.54) is 4.68 Å². The first-order chi connectivity index (χ1) is 17.2. The number of amides is 1. The summed E-state index contributed by atoms with van der Waals surface area (Å²) in [7, 11) is 3.36. The van der Waals surface area contributed by atoms with Crippen molar-refractivity contribution in [1.82, 2.24) is 14.7 Å². The van der Waals surface area contributed by atoms with Crippen LogP contribution < -0.4 is 16.2 Å². The highest BCUT2D eigenvalue weighted by atomic mass is 16.6. The number of carbonyl (C=O) groups is 2. The summed E-state index contributed by atoms with van der Waals surface area (Å²) in [5.41, 5.74) is 2.83. The molecule has 0 radical (unpaired) electrons. The third-order valence-electron chi connectivity index (χ3n) is 6.64. The van der Waals surface area contributed by atoms with Crippen molar-refractivity contribution < 1.29 is 19.4 Å². The summed E-state index contributed by atoms with van der Waals surface area (Å²) in [5, 5.41) is 15.2. The van der Waals surface area contributed by atoms with Crippen LogP contribution in [0.2, 0.25) is 0 Å². The standard InChI is InChI=1S/C27H32N4O5/c1-17(20-7-5-4-6-8-20)36-27(35)29-23-24(30(2)31(3)25(23)32)21-13-11-19(12-14-21)16-28-22(26(33)34)15-18-9-10-18/h4-8,11-14,17-18,22,28H,9-10,15-16H2,1-3H3,(H,29,35)(H,33,34). The van der Waals surface area contributed by atoms with E-state index in [1.807, 2.05) is 54.6 Å². The Morgan fingerprint density at radius 2 is 1.72 bits per heavy atom. The summed E-state index contributed by atoms with van der Waals surface area (Å²) >= 11 is 0. The molecule has 4 rings (SSSR count). The lowest BCUT2D eigenvalue weighted by Gasteiger charge is -2.15. The first-order valence-corrected chi connectivity index (χ1v) is 12.1. The van der Waals surface area contributed by atoms with Gasteiger partial charge in [-0.15, -0.1) is 0 Å². The van der Waals surface area contributed by atoms with Gasteiger partial charge in [-0.3, -0.25) is 24.3 Å². The molecule has 0 saturated heterocycles. The Kier molecular flexibility index (Phi) is 7.59. The molecule has 2 atom stereocenters. The number of nitrogens with one attached hydrogen (secondary N) is 2. The van der Waals surface area contributed by atoms with Crippen molar-refractivity contribution in [1.29, 1.82) is 0 Å². The molecule has 2 unspecified atom stereocenters. The predicted molar refractivity (Wildman–Crippen MR) is 137 cm³/mol. The summed E-state index contributed by atoms with van der Waals surface area (Å²) in [6.07, 6.45) is 1.65. The van der Waals surface area contributed by atoms with Gasteiger partial charge in [0.05, 0.1) is 5.69 Å². The van der Waals surface area contributed by atoms with Crippen LogP contribution in [-0.2, 0) is 30.2 Å². The smallest absolute Gasteiger partial charge is 0.412 e. The lowest BCUT2D eigenvalue weighted by Crippen LogP contribution is -2.36. The number of benzene rings is 2. The lowest BCUT2D eigenvalue weighted by atomic mass is 10.1. The lowest BCUT2D eigenvalue weighted by molar-refractivity contribution is -0.139. The van der Waals surface area contributed by atoms with E-state index in [0.717, 1.165) is 29.5 Å². The number of carbonyl (C=O) groups excluding carboxylic acids is 1. The van der Waals surface area contributed by atoms with Crippen LogP contribution in [0.25, 0.3) is 11.3 Å². The zero-order chi connectivity index (χ0) is 25.8. The maximum absolute atomic E-state index is 12.9. The third kappa shape index (κ3) is 5.85. The minimum Gasteiger partial charge on any atom is -0.480 e. The predicted octanol–water partition coefficient (Wildman–Crippen LogP) is 4.04. The highest BCUT2D eigenvalue weighted by Gasteiger charge is 2.29. The number of ether oxygens (including phenoxy) is 1. The van der Waals surface area contributed by atoms with E-state index in [4.69, 9.17) is 4.74 Å². The van der Waals surface area contributed by atoms with Crippen molar-refractivity contribution >= 4 is 17.7 Å². The van der Waals surface area contributed by atoms with Gasteiger partial charge >= 0.3 is 12.1 Å². The van der Waals surface area contributed by atoms with Crippen molar-refractivity contribution in [3.05, 3.63) is 76.1 Å². The topological polar surface area (TPSA) is 115 Å². The molecule has 190 valence electrons. The normalized spacial score (nSPS) is 14.8. The minimum absolute atomic E-state index is 0.131. The summed E-state index contributed by atoms with van der Waals surface area (Å²) < 4.78 is 8.58. The number of carboxylic acids is 1. The molecule has 1 amide bonds. The Morgan fingerprint density at radius 3 is 2.33 bits per heavy atom. The van der Waals surface area contributed by atoms with Gasteiger partial charge in [-0.25, -0.2) is 4.79 Å². The van der Waals surface area contributed by atoms with Crippen LogP contribution in [0.3, 0.4) is 0 Å². The van der Waals surface area contributed by atoms with Crippen LogP contribution in [0.15, 0.2) is 59.4 Å². The van der Waals surface area contributed by atoms with Gasteiger partial charge < -0.3 is 15.2 Å². The number of anilines is 1. The molecule has 1 aliphatic carbocycles. The molecule has 0 spiro atoms. The molecular formula is C27H32N4O5.